The van der Waals surface area contributed by atoms with E-state index in [1.54, 1.807) is 0 Å². The molecule has 2 aliphatic rings. The van der Waals surface area contributed by atoms with E-state index < -0.39 is 0 Å². The number of phenols is 1. The summed E-state index contributed by atoms with van der Waals surface area (Å²) in [7, 11) is 0. The van der Waals surface area contributed by atoms with Gasteiger partial charge in [-0.1, -0.05) is 68.2 Å². The number of hydrogen-bond acceptors (Lipinski definition) is 2. The number of carbonyl (C=O) groups excluding carboxylic acids is 1. The van der Waals surface area contributed by atoms with E-state index in [2.05, 4.69) is 45.0 Å². The number of amides is 1. The molecular formula is C22H23Cl2NO2. The summed E-state index contributed by atoms with van der Waals surface area (Å²) in [6.07, 6.45) is 1.74. The number of fused-ring (bicyclic) bond motifs is 4. The maximum atomic E-state index is 13.3. The van der Waals surface area contributed by atoms with Gasteiger partial charge in [-0.3, -0.25) is 4.79 Å². The largest absolute Gasteiger partial charge is 0.505 e. The number of rotatable bonds is 1. The minimum Gasteiger partial charge on any atom is -0.505 e. The van der Waals surface area contributed by atoms with Crippen LogP contribution >= 0.6 is 23.2 Å². The van der Waals surface area contributed by atoms with Gasteiger partial charge >= 0.3 is 0 Å². The first-order valence-electron chi connectivity index (χ1n) is 9.24. The fourth-order valence-corrected chi connectivity index (χ4v) is 5.46. The molecule has 0 saturated carbocycles. The summed E-state index contributed by atoms with van der Waals surface area (Å²) < 4.78 is 0. The van der Waals surface area contributed by atoms with Gasteiger partial charge in [-0.2, -0.15) is 0 Å². The average molecular weight is 404 g/mol. The van der Waals surface area contributed by atoms with Crippen molar-refractivity contribution in [3.63, 3.8) is 0 Å². The Balaban J connectivity index is 1.77. The van der Waals surface area contributed by atoms with Crippen LogP contribution in [0.1, 0.15) is 48.7 Å². The smallest absolute Gasteiger partial charge is 0.254 e. The van der Waals surface area contributed by atoms with E-state index in [9.17, 15) is 9.90 Å². The molecule has 1 N–H and O–H groups in total. The summed E-state index contributed by atoms with van der Waals surface area (Å²) in [5.74, 6) is -0.272. The molecule has 4 rings (SSSR count). The summed E-state index contributed by atoms with van der Waals surface area (Å²) in [6.45, 7) is 7.55. The van der Waals surface area contributed by atoms with Gasteiger partial charge in [0.15, 0.2) is 5.75 Å². The van der Waals surface area contributed by atoms with E-state index in [-0.39, 0.29) is 38.6 Å². The van der Waals surface area contributed by atoms with Crippen LogP contribution in [-0.2, 0) is 11.8 Å². The lowest BCUT2D eigenvalue weighted by Gasteiger charge is -2.60. The normalized spacial score (nSPS) is 25.8. The van der Waals surface area contributed by atoms with Crippen LogP contribution in [0, 0.1) is 5.41 Å². The highest BCUT2D eigenvalue weighted by molar-refractivity contribution is 6.37. The number of nitrogens with zero attached hydrogens (tertiary/aromatic N) is 1. The van der Waals surface area contributed by atoms with Crippen molar-refractivity contribution in [3.8, 4) is 5.75 Å². The third-order valence-electron chi connectivity index (χ3n) is 7.03. The van der Waals surface area contributed by atoms with Crippen LogP contribution in [0.3, 0.4) is 0 Å². The van der Waals surface area contributed by atoms with Gasteiger partial charge in [0.2, 0.25) is 0 Å². The van der Waals surface area contributed by atoms with Crippen LogP contribution in [0.2, 0.25) is 10.0 Å². The SMILES string of the molecule is CC1(C)[C@H]2Cc3ccccc3[C@]1(C)CCN2C(=O)c1cc(Cl)c(O)c(Cl)c1. The molecule has 1 fully saturated rings. The molecule has 1 aliphatic heterocycles. The van der Waals surface area contributed by atoms with Gasteiger partial charge in [0.05, 0.1) is 10.0 Å². The Labute approximate surface area is 169 Å². The van der Waals surface area contributed by atoms with Gasteiger partial charge in [-0.15, -0.1) is 0 Å². The Morgan fingerprint density at radius 3 is 2.44 bits per heavy atom. The zero-order valence-electron chi connectivity index (χ0n) is 15.7. The summed E-state index contributed by atoms with van der Waals surface area (Å²) in [5.41, 5.74) is 3.10. The summed E-state index contributed by atoms with van der Waals surface area (Å²) in [5, 5.41) is 10.00. The van der Waals surface area contributed by atoms with E-state index in [4.69, 9.17) is 23.2 Å². The number of piperidine rings is 1. The number of carbonyl (C=O) groups is 1. The lowest BCUT2D eigenvalue weighted by molar-refractivity contribution is -0.0262. The van der Waals surface area contributed by atoms with Crippen LogP contribution in [0.25, 0.3) is 0 Å². The first-order chi connectivity index (χ1) is 12.7. The lowest BCUT2D eigenvalue weighted by Crippen LogP contribution is -2.64. The lowest BCUT2D eigenvalue weighted by atomic mass is 9.51. The van der Waals surface area contributed by atoms with Gasteiger partial charge in [0.25, 0.3) is 5.91 Å². The number of halogens is 2. The molecule has 0 aromatic heterocycles. The number of hydrogen-bond donors (Lipinski definition) is 1. The van der Waals surface area contributed by atoms with E-state index in [1.807, 2.05) is 4.90 Å². The molecule has 1 saturated heterocycles. The van der Waals surface area contributed by atoms with Gasteiger partial charge in [-0.25, -0.2) is 0 Å². The maximum absolute atomic E-state index is 13.3. The molecule has 2 aromatic rings. The third kappa shape index (κ3) is 2.59. The zero-order valence-corrected chi connectivity index (χ0v) is 17.2. The number of benzene rings is 2. The van der Waals surface area contributed by atoms with Crippen molar-refractivity contribution in [2.24, 2.45) is 5.41 Å². The molecule has 5 heteroatoms. The minimum absolute atomic E-state index is 0.0214. The highest BCUT2D eigenvalue weighted by Gasteiger charge is 2.56. The molecule has 2 bridgehead atoms. The van der Waals surface area contributed by atoms with Crippen LogP contribution in [0.15, 0.2) is 36.4 Å². The van der Waals surface area contributed by atoms with E-state index in [1.165, 1.54) is 23.3 Å². The second-order valence-corrected chi connectivity index (χ2v) is 9.28. The molecule has 2 atom stereocenters. The fraction of sp³-hybridized carbons (Fsp3) is 0.409. The van der Waals surface area contributed by atoms with Crippen molar-refractivity contribution < 1.29 is 9.90 Å². The molecule has 1 heterocycles. The van der Waals surface area contributed by atoms with Gasteiger partial charge in [0.1, 0.15) is 0 Å². The second kappa shape index (κ2) is 6.15. The highest BCUT2D eigenvalue weighted by Crippen LogP contribution is 2.56. The van der Waals surface area contributed by atoms with Crippen molar-refractivity contribution in [1.29, 1.82) is 0 Å². The molecule has 1 aliphatic carbocycles. The molecule has 3 nitrogen and oxygen atoms in total. The fourth-order valence-electron chi connectivity index (χ4n) is 4.97. The van der Waals surface area contributed by atoms with E-state index in [0.29, 0.717) is 12.1 Å². The second-order valence-electron chi connectivity index (χ2n) is 8.47. The third-order valence-corrected chi connectivity index (χ3v) is 7.61. The van der Waals surface area contributed by atoms with Crippen molar-refractivity contribution in [2.45, 2.75) is 45.1 Å². The van der Waals surface area contributed by atoms with Crippen LogP contribution in [-0.4, -0.2) is 28.5 Å². The maximum Gasteiger partial charge on any atom is 0.254 e. The quantitative estimate of drug-likeness (QED) is 0.686. The van der Waals surface area contributed by atoms with Crippen molar-refractivity contribution >= 4 is 29.1 Å². The number of aromatic hydroxyl groups is 1. The van der Waals surface area contributed by atoms with Crippen molar-refractivity contribution in [3.05, 3.63) is 63.1 Å². The molecule has 0 spiro atoms. The molecule has 0 unspecified atom stereocenters. The predicted octanol–water partition coefficient (Wildman–Crippen LogP) is 5.45. The summed E-state index contributed by atoms with van der Waals surface area (Å²) in [6, 6.07) is 11.7. The Hall–Kier alpha value is -1.71. The molecular weight excluding hydrogens is 381 g/mol. The summed E-state index contributed by atoms with van der Waals surface area (Å²) >= 11 is 12.1. The number of phenolic OH excluding ortho intramolecular Hbond substituents is 1. The van der Waals surface area contributed by atoms with Crippen LogP contribution in [0.4, 0.5) is 0 Å². The molecule has 1 amide bonds. The van der Waals surface area contributed by atoms with Gasteiger partial charge in [0, 0.05) is 23.6 Å². The van der Waals surface area contributed by atoms with E-state index in [0.717, 1.165) is 12.8 Å². The first kappa shape index (κ1) is 18.6. The molecule has 2 aromatic carbocycles. The highest BCUT2D eigenvalue weighted by atomic mass is 35.5. The van der Waals surface area contributed by atoms with Crippen molar-refractivity contribution in [2.75, 3.05) is 6.54 Å². The molecule has 142 valence electrons. The first-order valence-corrected chi connectivity index (χ1v) is 10.00. The predicted molar refractivity (Wildman–Crippen MR) is 109 cm³/mol. The van der Waals surface area contributed by atoms with Gasteiger partial charge in [-0.05, 0) is 41.5 Å². The Kier molecular flexibility index (Phi) is 4.25. The van der Waals surface area contributed by atoms with E-state index >= 15 is 0 Å². The Bertz CT molecular complexity index is 917. The number of likely N-dealkylation sites (tertiary alicyclic amines) is 1. The molecule has 27 heavy (non-hydrogen) atoms. The van der Waals surface area contributed by atoms with Crippen molar-refractivity contribution in [1.82, 2.24) is 4.90 Å². The van der Waals surface area contributed by atoms with Crippen LogP contribution < -0.4 is 0 Å². The average Bonchev–Trinajstić information content (AvgIpc) is 2.62. The minimum atomic E-state index is -0.187. The monoisotopic (exact) mass is 403 g/mol. The zero-order chi connectivity index (χ0) is 19.6. The Morgan fingerprint density at radius 1 is 1.15 bits per heavy atom. The molecule has 0 radical (unpaired) electrons. The van der Waals surface area contributed by atoms with Crippen LogP contribution in [0.5, 0.6) is 5.75 Å². The topological polar surface area (TPSA) is 40.5 Å². The standard InChI is InChI=1S/C22H23Cl2NO2/c1-21(2)18-12-13-6-4-5-7-15(13)22(21,3)8-9-25(18)20(27)14-10-16(23)19(26)17(24)11-14/h4-7,10-11,18,26H,8-9,12H2,1-3H3/t18-,22+/m1/s1. The Morgan fingerprint density at radius 2 is 1.78 bits per heavy atom. The van der Waals surface area contributed by atoms with Gasteiger partial charge < -0.3 is 10.0 Å². The summed E-state index contributed by atoms with van der Waals surface area (Å²) in [4.78, 5) is 15.3.